The van der Waals surface area contributed by atoms with Crippen molar-refractivity contribution in [3.05, 3.63) is 30.5 Å². The Morgan fingerprint density at radius 2 is 2.12 bits per heavy atom. The molecule has 0 spiro atoms. The summed E-state index contributed by atoms with van der Waals surface area (Å²) in [6, 6.07) is 7.87. The zero-order valence-electron chi connectivity index (χ0n) is 10.3. The second-order valence-corrected chi connectivity index (χ2v) is 4.33. The highest BCUT2D eigenvalue weighted by atomic mass is 15.1. The maximum absolute atomic E-state index is 5.90. The van der Waals surface area contributed by atoms with Crippen molar-refractivity contribution in [2.75, 3.05) is 38.2 Å². The van der Waals surface area contributed by atoms with Crippen LogP contribution in [0.25, 0.3) is 10.9 Å². The van der Waals surface area contributed by atoms with Gasteiger partial charge in [0.1, 0.15) is 0 Å². The number of anilines is 2. The number of pyridine rings is 1. The van der Waals surface area contributed by atoms with Gasteiger partial charge in [0.2, 0.25) is 0 Å². The number of aromatic nitrogens is 1. The molecule has 0 saturated heterocycles. The van der Waals surface area contributed by atoms with Crippen molar-refractivity contribution in [2.45, 2.75) is 0 Å². The van der Waals surface area contributed by atoms with Gasteiger partial charge in [0, 0.05) is 30.4 Å². The van der Waals surface area contributed by atoms with Gasteiger partial charge in [-0.3, -0.25) is 4.98 Å². The largest absolute Gasteiger partial charge is 0.397 e. The first-order valence-electron chi connectivity index (χ1n) is 5.70. The fourth-order valence-electron chi connectivity index (χ4n) is 1.76. The molecule has 1 aromatic heterocycles. The average molecular weight is 230 g/mol. The van der Waals surface area contributed by atoms with Crippen LogP contribution < -0.4 is 11.1 Å². The Bertz CT molecular complexity index is 508. The molecule has 0 atom stereocenters. The third-order valence-corrected chi connectivity index (χ3v) is 2.68. The maximum atomic E-state index is 5.90. The van der Waals surface area contributed by atoms with Crippen LogP contribution in [-0.2, 0) is 0 Å². The molecule has 0 amide bonds. The number of hydrogen-bond donors (Lipinski definition) is 2. The third-order valence-electron chi connectivity index (χ3n) is 2.68. The number of rotatable bonds is 4. The molecule has 2 rings (SSSR count). The van der Waals surface area contributed by atoms with E-state index in [9.17, 15) is 0 Å². The molecule has 0 fully saturated rings. The van der Waals surface area contributed by atoms with E-state index >= 15 is 0 Å². The highest BCUT2D eigenvalue weighted by Crippen LogP contribution is 2.25. The molecule has 0 radical (unpaired) electrons. The normalized spacial score (nSPS) is 11.0. The van der Waals surface area contributed by atoms with E-state index < -0.39 is 0 Å². The van der Waals surface area contributed by atoms with Crippen LogP contribution in [0, 0.1) is 0 Å². The Hall–Kier alpha value is -1.81. The first-order chi connectivity index (χ1) is 8.18. The van der Waals surface area contributed by atoms with Gasteiger partial charge >= 0.3 is 0 Å². The van der Waals surface area contributed by atoms with Crippen LogP contribution in [0.2, 0.25) is 0 Å². The monoisotopic (exact) mass is 230 g/mol. The quantitative estimate of drug-likeness (QED) is 0.786. The highest BCUT2D eigenvalue weighted by Gasteiger charge is 2.03. The summed E-state index contributed by atoms with van der Waals surface area (Å²) in [5.41, 5.74) is 8.58. The van der Waals surface area contributed by atoms with Crippen LogP contribution in [0.5, 0.6) is 0 Å². The zero-order valence-corrected chi connectivity index (χ0v) is 10.3. The first-order valence-corrected chi connectivity index (χ1v) is 5.70. The van der Waals surface area contributed by atoms with Crippen molar-refractivity contribution in [3.63, 3.8) is 0 Å². The maximum Gasteiger partial charge on any atom is 0.0951 e. The number of fused-ring (bicyclic) bond motifs is 1. The molecule has 1 aromatic carbocycles. The number of likely N-dealkylation sites (N-methyl/N-ethyl adjacent to an activating group) is 1. The van der Waals surface area contributed by atoms with Gasteiger partial charge in [-0.1, -0.05) is 0 Å². The van der Waals surface area contributed by atoms with E-state index in [1.54, 1.807) is 6.20 Å². The van der Waals surface area contributed by atoms with Crippen molar-refractivity contribution >= 4 is 22.3 Å². The van der Waals surface area contributed by atoms with Gasteiger partial charge in [-0.15, -0.1) is 0 Å². The number of nitrogen functional groups attached to an aromatic ring is 1. The van der Waals surface area contributed by atoms with Crippen LogP contribution in [0.3, 0.4) is 0 Å². The standard InChI is InChI=1S/C13H18N4/c1-17(2)9-8-15-12-6-5-11(14)13-10(12)4-3-7-16-13/h3-7,15H,8-9,14H2,1-2H3. The number of benzene rings is 1. The molecule has 0 saturated carbocycles. The summed E-state index contributed by atoms with van der Waals surface area (Å²) in [6.07, 6.45) is 1.77. The summed E-state index contributed by atoms with van der Waals surface area (Å²) in [5, 5.41) is 4.48. The lowest BCUT2D eigenvalue weighted by Crippen LogP contribution is -2.20. The van der Waals surface area contributed by atoms with E-state index in [-0.39, 0.29) is 0 Å². The number of hydrogen-bond acceptors (Lipinski definition) is 4. The number of nitrogens with two attached hydrogens (primary N) is 1. The van der Waals surface area contributed by atoms with E-state index in [0.29, 0.717) is 0 Å². The Kier molecular flexibility index (Phi) is 3.44. The van der Waals surface area contributed by atoms with Crippen molar-refractivity contribution in [2.24, 2.45) is 0 Å². The van der Waals surface area contributed by atoms with Gasteiger partial charge in [-0.25, -0.2) is 0 Å². The van der Waals surface area contributed by atoms with Gasteiger partial charge in [0.05, 0.1) is 11.2 Å². The lowest BCUT2D eigenvalue weighted by Gasteiger charge is -2.13. The topological polar surface area (TPSA) is 54.2 Å². The molecule has 0 aliphatic heterocycles. The van der Waals surface area contributed by atoms with Crippen LogP contribution in [0.1, 0.15) is 0 Å². The molecule has 0 aliphatic rings. The van der Waals surface area contributed by atoms with Gasteiger partial charge < -0.3 is 16.0 Å². The number of nitrogens with zero attached hydrogens (tertiary/aromatic N) is 2. The van der Waals surface area contributed by atoms with Crippen molar-refractivity contribution in [1.82, 2.24) is 9.88 Å². The van der Waals surface area contributed by atoms with E-state index in [2.05, 4.69) is 29.3 Å². The number of nitrogens with one attached hydrogen (secondary N) is 1. The zero-order chi connectivity index (χ0) is 12.3. The second kappa shape index (κ2) is 5.01. The molecular weight excluding hydrogens is 212 g/mol. The summed E-state index contributed by atoms with van der Waals surface area (Å²) in [7, 11) is 4.12. The molecular formula is C13H18N4. The lowest BCUT2D eigenvalue weighted by atomic mass is 10.1. The Labute approximate surface area is 101 Å². The summed E-state index contributed by atoms with van der Waals surface area (Å²) in [5.74, 6) is 0. The predicted molar refractivity (Wildman–Crippen MR) is 73.2 cm³/mol. The Morgan fingerprint density at radius 3 is 2.88 bits per heavy atom. The van der Waals surface area contributed by atoms with Crippen LogP contribution in [0.4, 0.5) is 11.4 Å². The van der Waals surface area contributed by atoms with E-state index in [1.165, 1.54) is 0 Å². The minimum Gasteiger partial charge on any atom is -0.397 e. The molecule has 90 valence electrons. The van der Waals surface area contributed by atoms with Crippen LogP contribution >= 0.6 is 0 Å². The minimum atomic E-state index is 0.721. The molecule has 4 nitrogen and oxygen atoms in total. The van der Waals surface area contributed by atoms with Crippen LogP contribution in [0.15, 0.2) is 30.5 Å². The molecule has 2 aromatic rings. The Balaban J connectivity index is 2.26. The van der Waals surface area contributed by atoms with E-state index in [4.69, 9.17) is 5.73 Å². The fraction of sp³-hybridized carbons (Fsp3) is 0.308. The Morgan fingerprint density at radius 1 is 1.29 bits per heavy atom. The van der Waals surface area contributed by atoms with Crippen LogP contribution in [-0.4, -0.2) is 37.1 Å². The molecule has 3 N–H and O–H groups in total. The van der Waals surface area contributed by atoms with Gasteiger partial charge in [-0.05, 0) is 38.4 Å². The SMILES string of the molecule is CN(C)CCNc1ccc(N)c2ncccc12. The molecule has 4 heteroatoms. The highest BCUT2D eigenvalue weighted by molar-refractivity contribution is 5.98. The summed E-state index contributed by atoms with van der Waals surface area (Å²) in [6.45, 7) is 1.90. The molecule has 17 heavy (non-hydrogen) atoms. The van der Waals surface area contributed by atoms with Crippen molar-refractivity contribution in [3.8, 4) is 0 Å². The second-order valence-electron chi connectivity index (χ2n) is 4.33. The minimum absolute atomic E-state index is 0.721. The molecule has 0 aliphatic carbocycles. The lowest BCUT2D eigenvalue weighted by molar-refractivity contribution is 0.425. The summed E-state index contributed by atoms with van der Waals surface area (Å²) in [4.78, 5) is 6.45. The molecule has 1 heterocycles. The molecule has 0 unspecified atom stereocenters. The summed E-state index contributed by atoms with van der Waals surface area (Å²) < 4.78 is 0. The van der Waals surface area contributed by atoms with Gasteiger partial charge in [0.25, 0.3) is 0 Å². The smallest absolute Gasteiger partial charge is 0.0951 e. The van der Waals surface area contributed by atoms with Crippen molar-refractivity contribution < 1.29 is 0 Å². The summed E-state index contributed by atoms with van der Waals surface area (Å²) >= 11 is 0. The average Bonchev–Trinajstić information content (AvgIpc) is 2.32. The predicted octanol–water partition coefficient (Wildman–Crippen LogP) is 1.79. The van der Waals surface area contributed by atoms with E-state index in [0.717, 1.165) is 35.4 Å². The first kappa shape index (κ1) is 11.7. The van der Waals surface area contributed by atoms with Crippen molar-refractivity contribution in [1.29, 1.82) is 0 Å². The van der Waals surface area contributed by atoms with Gasteiger partial charge in [0.15, 0.2) is 0 Å². The third kappa shape index (κ3) is 2.65. The molecule has 0 bridgehead atoms. The van der Waals surface area contributed by atoms with E-state index in [1.807, 2.05) is 24.3 Å². The fourth-order valence-corrected chi connectivity index (χ4v) is 1.76. The van der Waals surface area contributed by atoms with Gasteiger partial charge in [-0.2, -0.15) is 0 Å².